The molecule has 2 N–H and O–H groups in total. The van der Waals surface area contributed by atoms with Gasteiger partial charge in [0.25, 0.3) is 0 Å². The van der Waals surface area contributed by atoms with Gasteiger partial charge in [-0.1, -0.05) is 23.2 Å². The van der Waals surface area contributed by atoms with Crippen molar-refractivity contribution in [1.82, 2.24) is 20.2 Å². The van der Waals surface area contributed by atoms with E-state index in [1.807, 2.05) is 18.2 Å². The van der Waals surface area contributed by atoms with Crippen LogP contribution >= 0.6 is 34.5 Å². The van der Waals surface area contributed by atoms with Gasteiger partial charge in [-0.25, -0.2) is 14.8 Å². The molecule has 9 heteroatoms. The number of carbonyl (C=O) groups is 1. The van der Waals surface area contributed by atoms with Gasteiger partial charge in [-0.2, -0.15) is 0 Å². The zero-order valence-corrected chi connectivity index (χ0v) is 18.4. The predicted molar refractivity (Wildman–Crippen MR) is 121 cm³/mol. The Morgan fingerprint density at radius 1 is 1.13 bits per heavy atom. The lowest BCUT2D eigenvalue weighted by Gasteiger charge is -2.38. The van der Waals surface area contributed by atoms with Crippen LogP contribution in [0, 0.1) is 0 Å². The monoisotopic (exact) mass is 461 g/mol. The number of hydrogen-bond donors (Lipinski definition) is 2. The molecule has 1 fully saturated rings. The molecule has 1 saturated heterocycles. The standard InChI is InChI=1S/C21H21Cl2N5OS/c22-14-2-4-15(5-3-14)26-21(29)27-17-8-11-28(13-20-24-9-1-10-25-20)12-16(17)18-6-7-19(23)30-18/h1-7,9-10,16-17H,8,11-13H2,(H2,26,27,29). The smallest absolute Gasteiger partial charge is 0.319 e. The molecule has 1 aromatic carbocycles. The average molecular weight is 462 g/mol. The lowest BCUT2D eigenvalue weighted by atomic mass is 9.90. The van der Waals surface area contributed by atoms with Crippen LogP contribution in [0.5, 0.6) is 0 Å². The summed E-state index contributed by atoms with van der Waals surface area (Å²) in [4.78, 5) is 24.8. The van der Waals surface area contributed by atoms with E-state index in [-0.39, 0.29) is 18.0 Å². The van der Waals surface area contributed by atoms with Crippen molar-refractivity contribution in [2.45, 2.75) is 24.9 Å². The third-order valence-electron chi connectivity index (χ3n) is 5.06. The second-order valence-corrected chi connectivity index (χ2v) is 9.33. The van der Waals surface area contributed by atoms with Crippen molar-refractivity contribution in [2.24, 2.45) is 0 Å². The molecule has 0 saturated carbocycles. The summed E-state index contributed by atoms with van der Waals surface area (Å²) < 4.78 is 0.748. The fourth-order valence-electron chi connectivity index (χ4n) is 3.63. The van der Waals surface area contributed by atoms with Crippen LogP contribution in [-0.4, -0.2) is 40.0 Å². The molecule has 156 valence electrons. The van der Waals surface area contributed by atoms with E-state index in [0.29, 0.717) is 17.3 Å². The fourth-order valence-corrected chi connectivity index (χ4v) is 4.98. The molecule has 3 aromatic rings. The van der Waals surface area contributed by atoms with Crippen LogP contribution in [-0.2, 0) is 6.54 Å². The van der Waals surface area contributed by atoms with Crippen LogP contribution < -0.4 is 10.6 Å². The predicted octanol–water partition coefficient (Wildman–Crippen LogP) is 5.02. The van der Waals surface area contributed by atoms with Gasteiger partial charge in [0.05, 0.1) is 10.9 Å². The van der Waals surface area contributed by atoms with Crippen LogP contribution in [0.4, 0.5) is 10.5 Å². The molecule has 1 aliphatic heterocycles. The van der Waals surface area contributed by atoms with Crippen molar-refractivity contribution in [3.63, 3.8) is 0 Å². The van der Waals surface area contributed by atoms with E-state index in [0.717, 1.165) is 34.5 Å². The summed E-state index contributed by atoms with van der Waals surface area (Å²) in [5.41, 5.74) is 0.700. The Kier molecular flexibility index (Phi) is 6.84. The van der Waals surface area contributed by atoms with Crippen LogP contribution in [0.15, 0.2) is 54.9 Å². The van der Waals surface area contributed by atoms with Gasteiger partial charge in [0, 0.05) is 53.0 Å². The highest BCUT2D eigenvalue weighted by molar-refractivity contribution is 7.16. The zero-order chi connectivity index (χ0) is 20.9. The van der Waals surface area contributed by atoms with Crippen LogP contribution in [0.2, 0.25) is 9.36 Å². The number of aromatic nitrogens is 2. The molecule has 1 aliphatic rings. The molecule has 2 unspecified atom stereocenters. The summed E-state index contributed by atoms with van der Waals surface area (Å²) in [6.07, 6.45) is 4.34. The Bertz CT molecular complexity index is 983. The molecule has 6 nitrogen and oxygen atoms in total. The first-order valence-corrected chi connectivity index (χ1v) is 11.2. The molecule has 0 spiro atoms. The first-order chi connectivity index (χ1) is 14.6. The van der Waals surface area contributed by atoms with Gasteiger partial charge in [-0.05, 0) is 48.9 Å². The number of nitrogens with one attached hydrogen (secondary N) is 2. The van der Waals surface area contributed by atoms with E-state index in [1.165, 1.54) is 0 Å². The van der Waals surface area contributed by atoms with E-state index in [9.17, 15) is 4.79 Å². The second-order valence-electron chi connectivity index (χ2n) is 7.15. The number of urea groups is 1. The SMILES string of the molecule is O=C(Nc1ccc(Cl)cc1)NC1CCN(Cc2ncccn2)CC1c1ccc(Cl)s1. The minimum Gasteiger partial charge on any atom is -0.334 e. The Morgan fingerprint density at radius 2 is 1.90 bits per heavy atom. The third-order valence-corrected chi connectivity index (χ3v) is 6.67. The van der Waals surface area contributed by atoms with Crippen molar-refractivity contribution in [3.05, 3.63) is 74.9 Å². The summed E-state index contributed by atoms with van der Waals surface area (Å²) in [6, 6.07) is 12.6. The topological polar surface area (TPSA) is 70.2 Å². The number of nitrogens with zero attached hydrogens (tertiary/aromatic N) is 3. The van der Waals surface area contributed by atoms with Gasteiger partial charge < -0.3 is 10.6 Å². The lowest BCUT2D eigenvalue weighted by Crippen LogP contribution is -2.50. The minimum absolute atomic E-state index is 0.0000383. The van der Waals surface area contributed by atoms with E-state index in [2.05, 4.69) is 25.5 Å². The zero-order valence-electron chi connectivity index (χ0n) is 16.1. The van der Waals surface area contributed by atoms with E-state index in [4.69, 9.17) is 23.2 Å². The minimum atomic E-state index is -0.227. The van der Waals surface area contributed by atoms with E-state index in [1.54, 1.807) is 48.0 Å². The van der Waals surface area contributed by atoms with Crippen molar-refractivity contribution >= 4 is 46.3 Å². The molecule has 2 aromatic heterocycles. The molecular formula is C21H21Cl2N5OS. The van der Waals surface area contributed by atoms with Gasteiger partial charge >= 0.3 is 6.03 Å². The number of thiophene rings is 1. The largest absolute Gasteiger partial charge is 0.334 e. The number of carbonyl (C=O) groups excluding carboxylic acids is 1. The summed E-state index contributed by atoms with van der Waals surface area (Å²) in [7, 11) is 0. The Hall–Kier alpha value is -2.19. The van der Waals surface area contributed by atoms with Gasteiger partial charge in [0.1, 0.15) is 5.82 Å². The number of likely N-dealkylation sites (tertiary alicyclic amines) is 1. The third kappa shape index (κ3) is 5.49. The summed E-state index contributed by atoms with van der Waals surface area (Å²) >= 11 is 13.7. The number of benzene rings is 1. The molecule has 2 amide bonds. The van der Waals surface area contributed by atoms with Crippen molar-refractivity contribution in [3.8, 4) is 0 Å². The fraction of sp³-hybridized carbons (Fsp3) is 0.286. The quantitative estimate of drug-likeness (QED) is 0.559. The highest BCUT2D eigenvalue weighted by atomic mass is 35.5. The van der Waals surface area contributed by atoms with Crippen LogP contribution in [0.3, 0.4) is 0 Å². The summed E-state index contributed by atoms with van der Waals surface area (Å²) in [5.74, 6) is 0.934. The maximum absolute atomic E-state index is 12.6. The molecular weight excluding hydrogens is 441 g/mol. The molecule has 0 bridgehead atoms. The number of amides is 2. The van der Waals surface area contributed by atoms with Crippen molar-refractivity contribution in [1.29, 1.82) is 0 Å². The highest BCUT2D eigenvalue weighted by Crippen LogP contribution is 2.34. The summed E-state index contributed by atoms with van der Waals surface area (Å²) in [6.45, 7) is 2.32. The second kappa shape index (κ2) is 9.75. The van der Waals surface area contributed by atoms with Gasteiger partial charge in [-0.15, -0.1) is 11.3 Å². The van der Waals surface area contributed by atoms with E-state index >= 15 is 0 Å². The molecule has 30 heavy (non-hydrogen) atoms. The van der Waals surface area contributed by atoms with Crippen LogP contribution in [0.25, 0.3) is 0 Å². The lowest BCUT2D eigenvalue weighted by molar-refractivity contribution is 0.167. The van der Waals surface area contributed by atoms with E-state index < -0.39 is 0 Å². The first kappa shape index (κ1) is 21.1. The number of anilines is 1. The van der Waals surface area contributed by atoms with Crippen molar-refractivity contribution < 1.29 is 4.79 Å². The molecule has 4 rings (SSSR count). The van der Waals surface area contributed by atoms with Gasteiger partial charge in [-0.3, -0.25) is 4.90 Å². The Morgan fingerprint density at radius 3 is 2.60 bits per heavy atom. The first-order valence-electron chi connectivity index (χ1n) is 9.63. The molecule has 2 atom stereocenters. The maximum atomic E-state index is 12.6. The number of halogens is 2. The highest BCUT2D eigenvalue weighted by Gasteiger charge is 2.32. The van der Waals surface area contributed by atoms with Crippen molar-refractivity contribution in [2.75, 3.05) is 18.4 Å². The summed E-state index contributed by atoms with van der Waals surface area (Å²) in [5, 5.41) is 6.66. The number of hydrogen-bond acceptors (Lipinski definition) is 5. The van der Waals surface area contributed by atoms with Gasteiger partial charge in [0.15, 0.2) is 0 Å². The normalized spacial score (nSPS) is 19.4. The Balaban J connectivity index is 1.44. The maximum Gasteiger partial charge on any atom is 0.319 e. The Labute approximate surface area is 189 Å². The molecule has 0 aliphatic carbocycles. The number of piperidine rings is 1. The van der Waals surface area contributed by atoms with Crippen LogP contribution in [0.1, 0.15) is 23.0 Å². The van der Waals surface area contributed by atoms with Gasteiger partial charge in [0.2, 0.25) is 0 Å². The molecule has 0 radical (unpaired) electrons. The molecule has 3 heterocycles. The number of rotatable bonds is 5. The average Bonchev–Trinajstić information content (AvgIpc) is 3.18.